The summed E-state index contributed by atoms with van der Waals surface area (Å²) in [7, 11) is -2.46. The number of ether oxygens (including phenoxy) is 1. The number of carbonyl (C=O) groups excluding carboxylic acids is 1. The molecule has 0 radical (unpaired) electrons. The topological polar surface area (TPSA) is 131 Å². The second kappa shape index (κ2) is 13.3. The molecule has 2 aromatic carbocycles. The number of methoxy groups -OCH3 is 1. The third-order valence-electron chi connectivity index (χ3n) is 5.86. The molecule has 3 rings (SSSR count). The quantitative estimate of drug-likeness (QED) is 0.336. The van der Waals surface area contributed by atoms with Crippen molar-refractivity contribution in [3.8, 4) is 5.75 Å². The Hall–Kier alpha value is -3.54. The maximum atomic E-state index is 13.5. The Morgan fingerprint density at radius 1 is 1.08 bits per heavy atom. The Bertz CT molecular complexity index is 1340. The summed E-state index contributed by atoms with van der Waals surface area (Å²) in [4.78, 5) is 28.5. The molecule has 1 amide bonds. The number of nitrogens with one attached hydrogen (secondary N) is 1. The fraction of sp³-hybridized carbons (Fsp3) is 0.370. The van der Waals surface area contributed by atoms with Crippen molar-refractivity contribution in [3.05, 3.63) is 89.1 Å². The lowest BCUT2D eigenvalue weighted by atomic mass is 10.0. The van der Waals surface area contributed by atoms with Gasteiger partial charge in [-0.05, 0) is 48.2 Å². The van der Waals surface area contributed by atoms with Crippen LogP contribution in [0.4, 0.5) is 0 Å². The fourth-order valence-electron chi connectivity index (χ4n) is 3.98. The normalized spacial score (nSPS) is 13.3. The van der Waals surface area contributed by atoms with Gasteiger partial charge in [0.05, 0.1) is 24.2 Å². The van der Waals surface area contributed by atoms with Gasteiger partial charge in [0.1, 0.15) is 12.3 Å². The second-order valence-electron chi connectivity index (χ2n) is 9.35. The smallest absolute Gasteiger partial charge is 0.347 e. The highest BCUT2D eigenvalue weighted by Crippen LogP contribution is 2.21. The number of carbonyl (C=O) groups is 1. The van der Waals surface area contributed by atoms with E-state index in [0.717, 1.165) is 10.1 Å². The molecule has 1 aromatic heterocycles. The highest BCUT2D eigenvalue weighted by molar-refractivity contribution is 7.89. The Labute approximate surface area is 223 Å². The first-order valence-electron chi connectivity index (χ1n) is 12.3. The molecule has 0 aliphatic carbocycles. The molecule has 0 spiro atoms. The standard InChI is InChI=1S/C27H34N4O6S/c1-20(2)17-31(38(35,36)23-12-10-22(37-3)11-13-23)18-25(32)24(16-21-8-5-4-6-9-21)29-26(33)19-30-15-7-14-28-27(30)34/h4-15,20,24-25,32H,16-19H2,1-3H3,(H,29,33)/t24-,25+/m0/s1. The Morgan fingerprint density at radius 2 is 1.76 bits per heavy atom. The first-order valence-corrected chi connectivity index (χ1v) is 13.7. The van der Waals surface area contributed by atoms with E-state index in [1.807, 2.05) is 44.2 Å². The molecule has 0 bridgehead atoms. The zero-order valence-electron chi connectivity index (χ0n) is 21.7. The van der Waals surface area contributed by atoms with Gasteiger partial charge in [0.15, 0.2) is 0 Å². The summed E-state index contributed by atoms with van der Waals surface area (Å²) in [6.07, 6.45) is 1.80. The highest BCUT2D eigenvalue weighted by atomic mass is 32.2. The fourth-order valence-corrected chi connectivity index (χ4v) is 5.60. The van der Waals surface area contributed by atoms with E-state index in [-0.39, 0.29) is 36.9 Å². The van der Waals surface area contributed by atoms with Crippen LogP contribution in [-0.4, -0.2) is 65.6 Å². The molecule has 3 aromatic rings. The number of aliphatic hydroxyl groups excluding tert-OH is 1. The molecule has 0 saturated carbocycles. The summed E-state index contributed by atoms with van der Waals surface area (Å²) >= 11 is 0. The predicted octanol–water partition coefficient (Wildman–Crippen LogP) is 1.69. The van der Waals surface area contributed by atoms with Crippen molar-refractivity contribution < 1.29 is 23.1 Å². The van der Waals surface area contributed by atoms with E-state index >= 15 is 0 Å². The van der Waals surface area contributed by atoms with Crippen LogP contribution in [0.15, 0.2) is 82.7 Å². The Kier molecular flexibility index (Phi) is 10.2. The number of aliphatic hydroxyl groups is 1. The minimum Gasteiger partial charge on any atom is -0.497 e. The first-order chi connectivity index (χ1) is 18.1. The largest absolute Gasteiger partial charge is 0.497 e. The molecule has 0 aliphatic rings. The van der Waals surface area contributed by atoms with Crippen LogP contribution in [0.2, 0.25) is 0 Å². The van der Waals surface area contributed by atoms with Gasteiger partial charge in [-0.3, -0.25) is 9.36 Å². The minimum atomic E-state index is -3.95. The molecule has 2 atom stereocenters. The van der Waals surface area contributed by atoms with Crippen LogP contribution in [0.3, 0.4) is 0 Å². The monoisotopic (exact) mass is 542 g/mol. The summed E-state index contributed by atoms with van der Waals surface area (Å²) in [6, 6.07) is 16.0. The van der Waals surface area contributed by atoms with Gasteiger partial charge in [-0.2, -0.15) is 4.31 Å². The molecule has 0 unspecified atom stereocenters. The Morgan fingerprint density at radius 3 is 2.37 bits per heavy atom. The highest BCUT2D eigenvalue weighted by Gasteiger charge is 2.31. The molecule has 10 nitrogen and oxygen atoms in total. The van der Waals surface area contributed by atoms with E-state index in [1.54, 1.807) is 18.2 Å². The maximum absolute atomic E-state index is 13.5. The summed E-state index contributed by atoms with van der Waals surface area (Å²) in [6.45, 7) is 3.42. The summed E-state index contributed by atoms with van der Waals surface area (Å²) in [5.41, 5.74) is 0.278. The minimum absolute atomic E-state index is 0.0187. The molecule has 1 heterocycles. The van der Waals surface area contributed by atoms with Gasteiger partial charge < -0.3 is 15.2 Å². The van der Waals surface area contributed by atoms with Crippen LogP contribution >= 0.6 is 0 Å². The average Bonchev–Trinajstić information content (AvgIpc) is 2.89. The van der Waals surface area contributed by atoms with Crippen molar-refractivity contribution in [2.75, 3.05) is 20.2 Å². The zero-order valence-corrected chi connectivity index (χ0v) is 22.5. The zero-order chi connectivity index (χ0) is 27.7. The number of hydrogen-bond acceptors (Lipinski definition) is 7. The number of benzene rings is 2. The number of nitrogens with zero attached hydrogens (tertiary/aromatic N) is 3. The number of sulfonamides is 1. The molecular formula is C27H34N4O6S. The van der Waals surface area contributed by atoms with Gasteiger partial charge in [0, 0.05) is 25.5 Å². The van der Waals surface area contributed by atoms with Crippen LogP contribution in [0, 0.1) is 5.92 Å². The van der Waals surface area contributed by atoms with Gasteiger partial charge in [0.25, 0.3) is 0 Å². The van der Waals surface area contributed by atoms with Crippen molar-refractivity contribution in [1.82, 2.24) is 19.2 Å². The first kappa shape index (κ1) is 29.0. The van der Waals surface area contributed by atoms with Crippen molar-refractivity contribution in [3.63, 3.8) is 0 Å². The van der Waals surface area contributed by atoms with Crippen LogP contribution < -0.4 is 15.7 Å². The van der Waals surface area contributed by atoms with Gasteiger partial charge in [0.2, 0.25) is 15.9 Å². The molecule has 0 fully saturated rings. The van der Waals surface area contributed by atoms with E-state index in [0.29, 0.717) is 5.75 Å². The molecule has 0 saturated heterocycles. The molecule has 204 valence electrons. The van der Waals surface area contributed by atoms with Gasteiger partial charge >= 0.3 is 5.69 Å². The number of aromatic nitrogens is 2. The maximum Gasteiger partial charge on any atom is 0.347 e. The number of rotatable bonds is 13. The van der Waals surface area contributed by atoms with Gasteiger partial charge in [-0.15, -0.1) is 0 Å². The van der Waals surface area contributed by atoms with Crippen molar-refractivity contribution in [1.29, 1.82) is 0 Å². The lowest BCUT2D eigenvalue weighted by Gasteiger charge is -2.31. The molecular weight excluding hydrogens is 508 g/mol. The Balaban J connectivity index is 1.85. The van der Waals surface area contributed by atoms with Crippen LogP contribution in [0.25, 0.3) is 0 Å². The van der Waals surface area contributed by atoms with Crippen molar-refractivity contribution in [2.24, 2.45) is 5.92 Å². The summed E-state index contributed by atoms with van der Waals surface area (Å²) in [5.74, 6) is 0.00102. The van der Waals surface area contributed by atoms with E-state index in [2.05, 4.69) is 10.3 Å². The molecule has 0 aliphatic heterocycles. The van der Waals surface area contributed by atoms with Crippen molar-refractivity contribution in [2.45, 2.75) is 43.9 Å². The third-order valence-corrected chi connectivity index (χ3v) is 7.71. The van der Waals surface area contributed by atoms with E-state index in [1.165, 1.54) is 35.9 Å². The van der Waals surface area contributed by atoms with E-state index < -0.39 is 33.8 Å². The van der Waals surface area contributed by atoms with Crippen molar-refractivity contribution >= 4 is 15.9 Å². The third kappa shape index (κ3) is 7.98. The second-order valence-corrected chi connectivity index (χ2v) is 11.3. The lowest BCUT2D eigenvalue weighted by molar-refractivity contribution is -0.123. The predicted molar refractivity (Wildman–Crippen MR) is 143 cm³/mol. The molecule has 11 heteroatoms. The van der Waals surface area contributed by atoms with Crippen LogP contribution in [0.1, 0.15) is 19.4 Å². The van der Waals surface area contributed by atoms with E-state index in [4.69, 9.17) is 4.74 Å². The molecule has 2 N–H and O–H groups in total. The average molecular weight is 543 g/mol. The van der Waals surface area contributed by atoms with Gasteiger partial charge in [-0.1, -0.05) is 44.2 Å². The summed E-state index contributed by atoms with van der Waals surface area (Å²) in [5, 5.41) is 14.1. The summed E-state index contributed by atoms with van der Waals surface area (Å²) < 4.78 is 34.6. The number of hydrogen-bond donors (Lipinski definition) is 2. The van der Waals surface area contributed by atoms with Crippen LogP contribution in [0.5, 0.6) is 5.75 Å². The molecule has 38 heavy (non-hydrogen) atoms. The lowest BCUT2D eigenvalue weighted by Crippen LogP contribution is -2.52. The van der Waals surface area contributed by atoms with Gasteiger partial charge in [-0.25, -0.2) is 18.2 Å². The number of amides is 1. The van der Waals surface area contributed by atoms with Crippen LogP contribution in [-0.2, 0) is 27.8 Å². The SMILES string of the molecule is COc1ccc(S(=O)(=O)N(CC(C)C)C[C@@H](O)[C@H](Cc2ccccc2)NC(=O)Cn2cccnc2=O)cc1. The van der Waals surface area contributed by atoms with E-state index in [9.17, 15) is 23.1 Å².